The number of aryl methyl sites for hydroxylation is 2. The highest BCUT2D eigenvalue weighted by Gasteiger charge is 2.61. The Morgan fingerprint density at radius 2 is 1.66 bits per heavy atom. The standard InChI is InChI=1S/C28H34F6N2O2/c1-20-16-24(14-13-23(20)19-35-37)26(28(32,33)34)18-25(38-36-26)22-12-9-11-21(17-22)10-7-5-3-2-4-6-8-15-27(29,30)31/h9,11-14,16-17,19,25,36-37H,2-8,10,15,18H2,1H3. The van der Waals surface area contributed by atoms with E-state index in [4.69, 9.17) is 10.0 Å². The molecule has 1 aliphatic heterocycles. The molecule has 1 fully saturated rings. The van der Waals surface area contributed by atoms with E-state index in [9.17, 15) is 26.3 Å². The lowest BCUT2D eigenvalue weighted by Crippen LogP contribution is -2.49. The summed E-state index contributed by atoms with van der Waals surface area (Å²) in [4.78, 5) is 5.51. The highest BCUT2D eigenvalue weighted by molar-refractivity contribution is 5.81. The third-order valence-corrected chi connectivity index (χ3v) is 7.06. The Hall–Kier alpha value is -2.59. The third-order valence-electron chi connectivity index (χ3n) is 7.06. The Balaban J connectivity index is 1.56. The van der Waals surface area contributed by atoms with Gasteiger partial charge >= 0.3 is 12.4 Å². The normalized spacial score (nSPS) is 20.4. The fourth-order valence-electron chi connectivity index (χ4n) is 4.87. The summed E-state index contributed by atoms with van der Waals surface area (Å²) >= 11 is 0. The Bertz CT molecular complexity index is 1070. The smallest absolute Gasteiger partial charge is 0.411 e. The maximum atomic E-state index is 14.4. The van der Waals surface area contributed by atoms with Gasteiger partial charge in [-0.3, -0.25) is 4.84 Å². The number of rotatable bonds is 12. The van der Waals surface area contributed by atoms with E-state index in [-0.39, 0.29) is 18.4 Å². The highest BCUT2D eigenvalue weighted by Crippen LogP contribution is 2.49. The molecule has 4 nitrogen and oxygen atoms in total. The summed E-state index contributed by atoms with van der Waals surface area (Å²) in [5.74, 6) is 0. The second-order valence-corrected chi connectivity index (χ2v) is 9.97. The van der Waals surface area contributed by atoms with Gasteiger partial charge in [0.25, 0.3) is 0 Å². The van der Waals surface area contributed by atoms with E-state index in [2.05, 4.69) is 10.6 Å². The molecule has 0 bridgehead atoms. The number of unbranched alkanes of at least 4 members (excludes halogenated alkanes) is 6. The van der Waals surface area contributed by atoms with Crippen molar-refractivity contribution < 1.29 is 36.4 Å². The molecule has 2 aromatic carbocycles. The van der Waals surface area contributed by atoms with Gasteiger partial charge < -0.3 is 5.21 Å². The summed E-state index contributed by atoms with van der Waals surface area (Å²) in [5.41, 5.74) is 2.65. The molecular formula is C28H34F6N2O2. The fourth-order valence-corrected chi connectivity index (χ4v) is 4.87. The van der Waals surface area contributed by atoms with Crippen LogP contribution in [-0.2, 0) is 16.8 Å². The Kier molecular flexibility index (Phi) is 10.2. The minimum atomic E-state index is -4.62. The zero-order chi connectivity index (χ0) is 27.8. The zero-order valence-corrected chi connectivity index (χ0v) is 21.3. The molecule has 3 rings (SSSR count). The number of oxime groups is 1. The fraction of sp³-hybridized carbons (Fsp3) is 0.536. The van der Waals surface area contributed by atoms with Crippen LogP contribution < -0.4 is 5.48 Å². The Morgan fingerprint density at radius 3 is 2.29 bits per heavy atom. The van der Waals surface area contributed by atoms with Gasteiger partial charge in [-0.15, -0.1) is 0 Å². The highest BCUT2D eigenvalue weighted by atomic mass is 19.4. The van der Waals surface area contributed by atoms with Crippen molar-refractivity contribution in [3.05, 3.63) is 70.3 Å². The lowest BCUT2D eigenvalue weighted by Gasteiger charge is -2.31. The summed E-state index contributed by atoms with van der Waals surface area (Å²) in [6, 6.07) is 11.7. The van der Waals surface area contributed by atoms with Crippen LogP contribution >= 0.6 is 0 Å². The van der Waals surface area contributed by atoms with Gasteiger partial charge in [-0.05, 0) is 54.0 Å². The van der Waals surface area contributed by atoms with Crippen molar-refractivity contribution in [3.8, 4) is 0 Å². The SMILES string of the molecule is Cc1cc(C2(C(F)(F)F)CC(c3cccc(CCCCCCCCCC(F)(F)F)c3)ON2)ccc1C=NO. The van der Waals surface area contributed by atoms with Crippen molar-refractivity contribution in [2.75, 3.05) is 0 Å². The molecule has 38 heavy (non-hydrogen) atoms. The maximum Gasteiger partial charge on any atom is 0.413 e. The molecule has 1 aliphatic rings. The molecule has 0 radical (unpaired) electrons. The van der Waals surface area contributed by atoms with Crippen LogP contribution in [0.2, 0.25) is 0 Å². The van der Waals surface area contributed by atoms with Crippen molar-refractivity contribution in [1.82, 2.24) is 5.48 Å². The van der Waals surface area contributed by atoms with Gasteiger partial charge in [-0.25, -0.2) is 0 Å². The zero-order valence-electron chi connectivity index (χ0n) is 21.3. The second kappa shape index (κ2) is 13.0. The Labute approximate surface area is 219 Å². The first-order valence-electron chi connectivity index (χ1n) is 12.9. The van der Waals surface area contributed by atoms with Crippen molar-refractivity contribution >= 4 is 6.21 Å². The average molecular weight is 545 g/mol. The van der Waals surface area contributed by atoms with Crippen LogP contribution in [0.5, 0.6) is 0 Å². The molecule has 2 N–H and O–H groups in total. The summed E-state index contributed by atoms with van der Waals surface area (Å²) in [6.45, 7) is 1.65. The molecule has 2 unspecified atom stereocenters. The van der Waals surface area contributed by atoms with Crippen LogP contribution in [0.4, 0.5) is 26.3 Å². The molecule has 10 heteroatoms. The first kappa shape index (κ1) is 30.0. The lowest BCUT2D eigenvalue weighted by molar-refractivity contribution is -0.211. The van der Waals surface area contributed by atoms with Gasteiger partial charge in [0.15, 0.2) is 5.54 Å². The van der Waals surface area contributed by atoms with Crippen molar-refractivity contribution in [2.24, 2.45) is 5.16 Å². The molecule has 0 spiro atoms. The molecule has 0 aliphatic carbocycles. The van der Waals surface area contributed by atoms with Crippen molar-refractivity contribution in [3.63, 3.8) is 0 Å². The van der Waals surface area contributed by atoms with Gasteiger partial charge in [0.1, 0.15) is 6.10 Å². The minimum Gasteiger partial charge on any atom is -0.411 e. The van der Waals surface area contributed by atoms with E-state index in [1.165, 1.54) is 24.4 Å². The van der Waals surface area contributed by atoms with E-state index in [0.29, 0.717) is 23.1 Å². The summed E-state index contributed by atoms with van der Waals surface area (Å²) in [6.07, 6.45) is -3.40. The molecule has 0 aromatic heterocycles. The largest absolute Gasteiger partial charge is 0.413 e. The predicted octanol–water partition coefficient (Wildman–Crippen LogP) is 8.45. The number of halogens is 6. The quantitative estimate of drug-likeness (QED) is 0.0927. The number of nitrogens with one attached hydrogen (secondary N) is 1. The van der Waals surface area contributed by atoms with E-state index in [1.807, 2.05) is 18.2 Å². The minimum absolute atomic E-state index is 0.0228. The molecule has 0 amide bonds. The van der Waals surface area contributed by atoms with E-state index in [0.717, 1.165) is 44.1 Å². The second-order valence-electron chi connectivity index (χ2n) is 9.97. The van der Waals surface area contributed by atoms with Crippen LogP contribution in [0.1, 0.15) is 91.7 Å². The van der Waals surface area contributed by atoms with Gasteiger partial charge in [0, 0.05) is 12.8 Å². The number of hydrogen-bond donors (Lipinski definition) is 2. The number of hydrogen-bond acceptors (Lipinski definition) is 4. The third kappa shape index (κ3) is 7.96. The van der Waals surface area contributed by atoms with Gasteiger partial charge in [0.2, 0.25) is 0 Å². The van der Waals surface area contributed by atoms with Crippen LogP contribution in [0.25, 0.3) is 0 Å². The first-order valence-corrected chi connectivity index (χ1v) is 12.9. The summed E-state index contributed by atoms with van der Waals surface area (Å²) in [5, 5.41) is 11.7. The molecule has 210 valence electrons. The van der Waals surface area contributed by atoms with Crippen molar-refractivity contribution in [2.45, 2.75) is 95.1 Å². The van der Waals surface area contributed by atoms with Gasteiger partial charge in [-0.2, -0.15) is 31.8 Å². The number of alkyl halides is 6. The first-order chi connectivity index (χ1) is 17.9. The number of hydroxylamine groups is 1. The Morgan fingerprint density at radius 1 is 0.974 bits per heavy atom. The monoisotopic (exact) mass is 544 g/mol. The molecule has 1 saturated heterocycles. The summed E-state index contributed by atoms with van der Waals surface area (Å²) in [7, 11) is 0. The van der Waals surface area contributed by atoms with Crippen LogP contribution in [-0.4, -0.2) is 23.8 Å². The topological polar surface area (TPSA) is 53.8 Å². The van der Waals surface area contributed by atoms with E-state index < -0.39 is 30.4 Å². The van der Waals surface area contributed by atoms with E-state index in [1.54, 1.807) is 13.0 Å². The molecule has 0 saturated carbocycles. The lowest BCUT2D eigenvalue weighted by atomic mass is 9.82. The maximum absolute atomic E-state index is 14.4. The predicted molar refractivity (Wildman–Crippen MR) is 133 cm³/mol. The van der Waals surface area contributed by atoms with Gasteiger partial charge in [-0.1, -0.05) is 79.7 Å². The van der Waals surface area contributed by atoms with Crippen LogP contribution in [0.15, 0.2) is 47.6 Å². The molecule has 2 aromatic rings. The summed E-state index contributed by atoms with van der Waals surface area (Å²) < 4.78 is 79.6. The van der Waals surface area contributed by atoms with Crippen LogP contribution in [0, 0.1) is 6.92 Å². The average Bonchev–Trinajstić information content (AvgIpc) is 3.31. The van der Waals surface area contributed by atoms with Gasteiger partial charge in [0.05, 0.1) is 6.21 Å². The number of benzene rings is 2. The van der Waals surface area contributed by atoms with Crippen LogP contribution in [0.3, 0.4) is 0 Å². The molecule has 2 atom stereocenters. The van der Waals surface area contributed by atoms with E-state index >= 15 is 0 Å². The van der Waals surface area contributed by atoms with Crippen molar-refractivity contribution in [1.29, 1.82) is 0 Å². The molecular weight excluding hydrogens is 510 g/mol. The molecule has 1 heterocycles. The number of nitrogens with zero attached hydrogens (tertiary/aromatic N) is 1.